The molecule has 0 N–H and O–H groups in total. The first-order valence-electron chi connectivity index (χ1n) is 6.17. The summed E-state index contributed by atoms with van der Waals surface area (Å²) >= 11 is 0. The monoisotopic (exact) mass is 286 g/mol. The highest BCUT2D eigenvalue weighted by Gasteiger charge is 2.18. The Kier molecular flexibility index (Phi) is 7.79. The lowest BCUT2D eigenvalue weighted by atomic mass is 10.4. The summed E-state index contributed by atoms with van der Waals surface area (Å²) in [4.78, 5) is 22.5. The van der Waals surface area contributed by atoms with Crippen LogP contribution >= 0.6 is 0 Å². The third-order valence-corrected chi connectivity index (χ3v) is 2.01. The van der Waals surface area contributed by atoms with E-state index in [0.29, 0.717) is 0 Å². The van der Waals surface area contributed by atoms with Crippen molar-refractivity contribution in [2.45, 2.75) is 53.5 Å². The standard InChI is InChI=1S/C14H22O6/c1-8(2)13(15)19-11(6)17-10(5)18-12(7)20-14(16)9(3)4/h10-12H,1,3H2,2,4-7H3. The minimum Gasteiger partial charge on any atom is -0.433 e. The van der Waals surface area contributed by atoms with E-state index >= 15 is 0 Å². The molecule has 0 aliphatic heterocycles. The number of carbonyl (C=O) groups excluding carboxylic acids is 2. The van der Waals surface area contributed by atoms with Crippen LogP contribution in [-0.4, -0.2) is 30.8 Å². The zero-order valence-electron chi connectivity index (χ0n) is 12.6. The van der Waals surface area contributed by atoms with E-state index in [-0.39, 0.29) is 11.1 Å². The van der Waals surface area contributed by atoms with E-state index in [9.17, 15) is 9.59 Å². The van der Waals surface area contributed by atoms with E-state index in [0.717, 1.165) is 0 Å². The average Bonchev–Trinajstić information content (AvgIpc) is 2.27. The Morgan fingerprint density at radius 1 is 0.750 bits per heavy atom. The first-order valence-corrected chi connectivity index (χ1v) is 6.17. The van der Waals surface area contributed by atoms with Crippen LogP contribution in [0.1, 0.15) is 34.6 Å². The maximum atomic E-state index is 11.3. The van der Waals surface area contributed by atoms with E-state index in [1.807, 2.05) is 0 Å². The van der Waals surface area contributed by atoms with Crippen molar-refractivity contribution in [1.29, 1.82) is 0 Å². The molecule has 6 heteroatoms. The van der Waals surface area contributed by atoms with Gasteiger partial charge in [-0.2, -0.15) is 0 Å². The normalized spacial score (nSPS) is 14.8. The van der Waals surface area contributed by atoms with Crippen LogP contribution in [0.2, 0.25) is 0 Å². The van der Waals surface area contributed by atoms with Crippen molar-refractivity contribution >= 4 is 11.9 Å². The number of rotatable bonds is 8. The molecule has 114 valence electrons. The first kappa shape index (κ1) is 18.3. The van der Waals surface area contributed by atoms with Gasteiger partial charge in [0, 0.05) is 11.1 Å². The summed E-state index contributed by atoms with van der Waals surface area (Å²) in [5, 5.41) is 0. The smallest absolute Gasteiger partial charge is 0.335 e. The van der Waals surface area contributed by atoms with Gasteiger partial charge in [-0.05, 0) is 34.6 Å². The quantitative estimate of drug-likeness (QED) is 0.387. The minimum absolute atomic E-state index is 0.276. The highest BCUT2D eigenvalue weighted by atomic mass is 16.8. The van der Waals surface area contributed by atoms with E-state index in [1.54, 1.807) is 20.8 Å². The average molecular weight is 286 g/mol. The molecule has 2 atom stereocenters. The molecule has 0 aromatic heterocycles. The highest BCUT2D eigenvalue weighted by molar-refractivity contribution is 5.87. The Labute approximate surface area is 119 Å². The van der Waals surface area contributed by atoms with Crippen LogP contribution in [0.3, 0.4) is 0 Å². The summed E-state index contributed by atoms with van der Waals surface area (Å²) in [5.74, 6) is -1.10. The van der Waals surface area contributed by atoms with Crippen molar-refractivity contribution < 1.29 is 28.5 Å². The molecule has 0 aliphatic rings. The van der Waals surface area contributed by atoms with Crippen molar-refractivity contribution in [2.75, 3.05) is 0 Å². The molecule has 0 saturated heterocycles. The van der Waals surface area contributed by atoms with E-state index in [2.05, 4.69) is 13.2 Å². The molecule has 0 fully saturated rings. The molecule has 0 aromatic rings. The molecular formula is C14H22O6. The third kappa shape index (κ3) is 7.70. The number of ether oxygens (including phenoxy) is 4. The van der Waals surface area contributed by atoms with Gasteiger partial charge in [-0.15, -0.1) is 0 Å². The second-order valence-electron chi connectivity index (χ2n) is 4.35. The van der Waals surface area contributed by atoms with Crippen LogP contribution in [0.15, 0.2) is 24.3 Å². The Hall–Kier alpha value is -1.66. The van der Waals surface area contributed by atoms with Crippen LogP contribution in [-0.2, 0) is 28.5 Å². The zero-order chi connectivity index (χ0) is 15.9. The maximum absolute atomic E-state index is 11.3. The second-order valence-corrected chi connectivity index (χ2v) is 4.35. The predicted octanol–water partition coefficient (Wildman–Crippen LogP) is 2.30. The summed E-state index contributed by atoms with van der Waals surface area (Å²) in [6, 6.07) is 0. The number of carbonyl (C=O) groups is 2. The fourth-order valence-electron chi connectivity index (χ4n) is 1.13. The van der Waals surface area contributed by atoms with E-state index in [1.165, 1.54) is 13.8 Å². The molecule has 0 rings (SSSR count). The fourth-order valence-corrected chi connectivity index (χ4v) is 1.13. The van der Waals surface area contributed by atoms with Crippen molar-refractivity contribution in [3.05, 3.63) is 24.3 Å². The number of hydrogen-bond donors (Lipinski definition) is 0. The largest absolute Gasteiger partial charge is 0.433 e. The molecule has 0 heterocycles. The molecule has 0 bridgehead atoms. The van der Waals surface area contributed by atoms with Crippen molar-refractivity contribution in [3.63, 3.8) is 0 Å². The lowest BCUT2D eigenvalue weighted by Crippen LogP contribution is -2.29. The summed E-state index contributed by atoms with van der Waals surface area (Å²) in [6.45, 7) is 14.7. The SMILES string of the molecule is C=C(C)C(=O)OC(C)OC(C)OC(C)OC(=O)C(=C)C. The van der Waals surface area contributed by atoms with Crippen LogP contribution in [0.5, 0.6) is 0 Å². The molecular weight excluding hydrogens is 264 g/mol. The second kappa shape index (κ2) is 8.50. The fraction of sp³-hybridized carbons (Fsp3) is 0.571. The molecule has 6 nitrogen and oxygen atoms in total. The zero-order valence-corrected chi connectivity index (χ0v) is 12.6. The summed E-state index contributed by atoms with van der Waals surface area (Å²) in [6.07, 6.45) is -2.34. The molecule has 0 amide bonds. The van der Waals surface area contributed by atoms with Crippen LogP contribution in [0.4, 0.5) is 0 Å². The first-order chi connectivity index (χ1) is 9.13. The molecule has 0 radical (unpaired) electrons. The van der Waals surface area contributed by atoms with Crippen LogP contribution in [0.25, 0.3) is 0 Å². The van der Waals surface area contributed by atoms with Gasteiger partial charge in [0.25, 0.3) is 0 Å². The number of esters is 2. The number of hydrogen-bond acceptors (Lipinski definition) is 6. The lowest BCUT2D eigenvalue weighted by Gasteiger charge is -2.22. The van der Waals surface area contributed by atoms with Gasteiger partial charge in [-0.3, -0.25) is 0 Å². The summed E-state index contributed by atoms with van der Waals surface area (Å²) in [7, 11) is 0. The lowest BCUT2D eigenvalue weighted by molar-refractivity contribution is -0.268. The van der Waals surface area contributed by atoms with Crippen LogP contribution in [0, 0.1) is 0 Å². The van der Waals surface area contributed by atoms with Gasteiger partial charge in [-0.25, -0.2) is 9.59 Å². The topological polar surface area (TPSA) is 71.1 Å². The van der Waals surface area contributed by atoms with Gasteiger partial charge in [0.2, 0.25) is 12.6 Å². The van der Waals surface area contributed by atoms with Gasteiger partial charge in [0.05, 0.1) is 0 Å². The van der Waals surface area contributed by atoms with Gasteiger partial charge >= 0.3 is 11.9 Å². The Balaban J connectivity index is 4.12. The Morgan fingerprint density at radius 3 is 1.30 bits per heavy atom. The molecule has 20 heavy (non-hydrogen) atoms. The summed E-state index contributed by atoms with van der Waals surface area (Å²) in [5.41, 5.74) is 0.551. The predicted molar refractivity (Wildman–Crippen MR) is 72.4 cm³/mol. The molecule has 0 spiro atoms. The van der Waals surface area contributed by atoms with Gasteiger partial charge in [-0.1, -0.05) is 13.2 Å². The van der Waals surface area contributed by atoms with Crippen molar-refractivity contribution in [2.24, 2.45) is 0 Å². The van der Waals surface area contributed by atoms with Gasteiger partial charge < -0.3 is 18.9 Å². The van der Waals surface area contributed by atoms with Crippen molar-refractivity contribution in [3.8, 4) is 0 Å². The van der Waals surface area contributed by atoms with Crippen LogP contribution < -0.4 is 0 Å². The molecule has 0 aromatic carbocycles. The Morgan fingerprint density at radius 2 is 1.05 bits per heavy atom. The molecule has 0 saturated carbocycles. The maximum Gasteiger partial charge on any atom is 0.335 e. The van der Waals surface area contributed by atoms with Gasteiger partial charge in [0.15, 0.2) is 6.29 Å². The molecule has 0 aliphatic carbocycles. The summed E-state index contributed by atoms with van der Waals surface area (Å²) < 4.78 is 20.4. The minimum atomic E-state index is -0.807. The highest BCUT2D eigenvalue weighted by Crippen LogP contribution is 2.08. The van der Waals surface area contributed by atoms with E-state index < -0.39 is 30.8 Å². The van der Waals surface area contributed by atoms with E-state index in [4.69, 9.17) is 18.9 Å². The molecule has 2 unspecified atom stereocenters. The van der Waals surface area contributed by atoms with Gasteiger partial charge in [0.1, 0.15) is 0 Å². The third-order valence-electron chi connectivity index (χ3n) is 2.01. The van der Waals surface area contributed by atoms with Crippen molar-refractivity contribution in [1.82, 2.24) is 0 Å². The Bertz CT molecular complexity index is 351.